The quantitative estimate of drug-likeness (QED) is 0.613. The Morgan fingerprint density at radius 1 is 1.44 bits per heavy atom. The molecule has 0 radical (unpaired) electrons. The third-order valence-corrected chi connectivity index (χ3v) is 2.94. The van der Waals surface area contributed by atoms with Gasteiger partial charge < -0.3 is 9.47 Å². The minimum Gasteiger partial charge on any atom is -0.462 e. The third kappa shape index (κ3) is 3.66. The van der Waals surface area contributed by atoms with Crippen LogP contribution in [0.5, 0.6) is 5.75 Å². The zero-order valence-electron chi connectivity index (χ0n) is 10.0. The molecule has 0 aliphatic carbocycles. The molecule has 3 nitrogen and oxygen atoms in total. The predicted octanol–water partition coefficient (Wildman–Crippen LogP) is 3.67. The third-order valence-electron chi connectivity index (χ3n) is 2.34. The first-order valence-corrected chi connectivity index (χ1v) is 6.43. The maximum absolute atomic E-state index is 12.3. The number of halogens is 3. The summed E-state index contributed by atoms with van der Waals surface area (Å²) in [4.78, 5) is 11.6. The second kappa shape index (κ2) is 6.68. The fourth-order valence-electron chi connectivity index (χ4n) is 1.43. The summed E-state index contributed by atoms with van der Waals surface area (Å²) in [5.41, 5.74) is 1.48. The summed E-state index contributed by atoms with van der Waals surface area (Å²) in [5.74, 6) is -0.566. The maximum Gasteiger partial charge on any atom is 0.387 e. The summed E-state index contributed by atoms with van der Waals surface area (Å²) in [6, 6.07) is 2.87. The standard InChI is InChI=1S/C12H13BrF2O3/c1-3-17-11(16)8-4-9(6-13)7(2)10(5-8)18-12(14)15/h4-5,12H,3,6H2,1-2H3. The lowest BCUT2D eigenvalue weighted by Gasteiger charge is -2.13. The summed E-state index contributed by atoms with van der Waals surface area (Å²) >= 11 is 3.24. The fraction of sp³-hybridized carbons (Fsp3) is 0.417. The van der Waals surface area contributed by atoms with Crippen molar-refractivity contribution < 1.29 is 23.0 Å². The molecular formula is C12H13BrF2O3. The molecule has 0 aromatic heterocycles. The van der Waals surface area contributed by atoms with Gasteiger partial charge in [-0.05, 0) is 37.1 Å². The van der Waals surface area contributed by atoms with Crippen molar-refractivity contribution in [1.29, 1.82) is 0 Å². The van der Waals surface area contributed by atoms with Gasteiger partial charge in [0.25, 0.3) is 0 Å². The van der Waals surface area contributed by atoms with E-state index in [0.29, 0.717) is 16.5 Å². The van der Waals surface area contributed by atoms with Crippen molar-refractivity contribution in [2.45, 2.75) is 25.8 Å². The lowest BCUT2D eigenvalue weighted by Crippen LogP contribution is -2.09. The molecule has 1 aromatic carbocycles. The normalized spacial score (nSPS) is 10.6. The molecule has 0 unspecified atom stereocenters. The molecule has 18 heavy (non-hydrogen) atoms. The van der Waals surface area contributed by atoms with E-state index in [1.54, 1.807) is 19.9 Å². The Hall–Kier alpha value is -1.17. The van der Waals surface area contributed by atoms with E-state index >= 15 is 0 Å². The van der Waals surface area contributed by atoms with Crippen LogP contribution in [0.1, 0.15) is 28.4 Å². The van der Waals surface area contributed by atoms with Crippen LogP contribution < -0.4 is 4.74 Å². The first-order chi connectivity index (χ1) is 8.49. The van der Waals surface area contributed by atoms with Crippen LogP contribution in [0.25, 0.3) is 0 Å². The molecule has 0 aliphatic rings. The molecule has 0 spiro atoms. The van der Waals surface area contributed by atoms with Gasteiger partial charge in [-0.2, -0.15) is 8.78 Å². The lowest BCUT2D eigenvalue weighted by atomic mass is 10.0. The first-order valence-electron chi connectivity index (χ1n) is 5.31. The molecular weight excluding hydrogens is 310 g/mol. The van der Waals surface area contributed by atoms with Gasteiger partial charge in [-0.3, -0.25) is 0 Å². The van der Waals surface area contributed by atoms with Gasteiger partial charge in [-0.1, -0.05) is 15.9 Å². The second-order valence-corrected chi connectivity index (χ2v) is 4.05. The zero-order chi connectivity index (χ0) is 13.7. The van der Waals surface area contributed by atoms with Crippen molar-refractivity contribution in [1.82, 2.24) is 0 Å². The number of hydrogen-bond acceptors (Lipinski definition) is 3. The van der Waals surface area contributed by atoms with Crippen LogP contribution in [0.2, 0.25) is 0 Å². The van der Waals surface area contributed by atoms with Gasteiger partial charge >= 0.3 is 12.6 Å². The van der Waals surface area contributed by atoms with E-state index in [4.69, 9.17) is 4.74 Å². The number of esters is 1. The molecule has 1 aromatic rings. The van der Waals surface area contributed by atoms with Crippen molar-refractivity contribution in [3.63, 3.8) is 0 Å². The van der Waals surface area contributed by atoms with Crippen molar-refractivity contribution in [3.05, 3.63) is 28.8 Å². The van der Waals surface area contributed by atoms with Crippen LogP contribution >= 0.6 is 15.9 Å². The van der Waals surface area contributed by atoms with E-state index < -0.39 is 12.6 Å². The highest BCUT2D eigenvalue weighted by Gasteiger charge is 2.16. The predicted molar refractivity (Wildman–Crippen MR) is 66.4 cm³/mol. The van der Waals surface area contributed by atoms with E-state index in [9.17, 15) is 13.6 Å². The second-order valence-electron chi connectivity index (χ2n) is 3.49. The van der Waals surface area contributed by atoms with Crippen LogP contribution in [0.4, 0.5) is 8.78 Å². The smallest absolute Gasteiger partial charge is 0.387 e. The van der Waals surface area contributed by atoms with E-state index in [-0.39, 0.29) is 17.9 Å². The molecule has 0 amide bonds. The molecule has 1 rings (SSSR count). The SMILES string of the molecule is CCOC(=O)c1cc(CBr)c(C)c(OC(F)F)c1. The summed E-state index contributed by atoms with van der Waals surface area (Å²) in [6.45, 7) is 0.628. The highest BCUT2D eigenvalue weighted by atomic mass is 79.9. The maximum atomic E-state index is 12.3. The number of ether oxygens (including phenoxy) is 2. The minimum absolute atomic E-state index is 0.00926. The number of rotatable bonds is 5. The van der Waals surface area contributed by atoms with Crippen LogP contribution in [-0.4, -0.2) is 19.2 Å². The van der Waals surface area contributed by atoms with Gasteiger partial charge in [0, 0.05) is 5.33 Å². The van der Waals surface area contributed by atoms with Gasteiger partial charge in [-0.25, -0.2) is 4.79 Å². The number of carbonyl (C=O) groups excluding carboxylic acids is 1. The Morgan fingerprint density at radius 3 is 2.61 bits per heavy atom. The van der Waals surface area contributed by atoms with Crippen molar-refractivity contribution in [2.75, 3.05) is 6.61 Å². The Balaban J connectivity index is 3.17. The molecule has 0 saturated carbocycles. The molecule has 0 aliphatic heterocycles. The average Bonchev–Trinajstić information content (AvgIpc) is 2.31. The average molecular weight is 323 g/mol. The van der Waals surface area contributed by atoms with Crippen molar-refractivity contribution >= 4 is 21.9 Å². The summed E-state index contributed by atoms with van der Waals surface area (Å²) < 4.78 is 33.8. The molecule has 0 saturated heterocycles. The van der Waals surface area contributed by atoms with Gasteiger partial charge in [0.05, 0.1) is 12.2 Å². The van der Waals surface area contributed by atoms with Gasteiger partial charge in [0.1, 0.15) is 5.75 Å². The summed E-state index contributed by atoms with van der Waals surface area (Å²) in [5, 5.41) is 0.436. The monoisotopic (exact) mass is 322 g/mol. The number of hydrogen-bond donors (Lipinski definition) is 0. The van der Waals surface area contributed by atoms with E-state index in [1.165, 1.54) is 6.07 Å². The highest BCUT2D eigenvalue weighted by molar-refractivity contribution is 9.08. The lowest BCUT2D eigenvalue weighted by molar-refractivity contribution is -0.0504. The number of carbonyl (C=O) groups is 1. The first kappa shape index (κ1) is 14.9. The molecule has 6 heteroatoms. The minimum atomic E-state index is -2.93. The molecule has 0 fully saturated rings. The van der Waals surface area contributed by atoms with E-state index in [1.807, 2.05) is 0 Å². The molecule has 0 N–H and O–H groups in total. The van der Waals surface area contributed by atoms with Crippen molar-refractivity contribution in [2.24, 2.45) is 0 Å². The Morgan fingerprint density at radius 2 is 2.11 bits per heavy atom. The van der Waals surface area contributed by atoms with Gasteiger partial charge in [0.15, 0.2) is 0 Å². The van der Waals surface area contributed by atoms with Crippen LogP contribution in [0.15, 0.2) is 12.1 Å². The highest BCUT2D eigenvalue weighted by Crippen LogP contribution is 2.27. The molecule has 0 heterocycles. The van der Waals surface area contributed by atoms with Crippen LogP contribution in [0, 0.1) is 6.92 Å². The summed E-state index contributed by atoms with van der Waals surface area (Å²) in [6.07, 6.45) is 0. The Labute approximate surface area is 112 Å². The number of alkyl halides is 3. The molecule has 100 valence electrons. The zero-order valence-corrected chi connectivity index (χ0v) is 11.6. The van der Waals surface area contributed by atoms with Gasteiger partial charge in [0.2, 0.25) is 0 Å². The molecule has 0 bridgehead atoms. The Bertz CT molecular complexity index is 436. The molecule has 0 atom stereocenters. The van der Waals surface area contributed by atoms with Crippen LogP contribution in [-0.2, 0) is 10.1 Å². The van der Waals surface area contributed by atoms with E-state index in [0.717, 1.165) is 0 Å². The van der Waals surface area contributed by atoms with Gasteiger partial charge in [-0.15, -0.1) is 0 Å². The summed E-state index contributed by atoms with van der Waals surface area (Å²) in [7, 11) is 0. The number of benzene rings is 1. The fourth-order valence-corrected chi connectivity index (χ4v) is 2.02. The largest absolute Gasteiger partial charge is 0.462 e. The van der Waals surface area contributed by atoms with Crippen molar-refractivity contribution in [3.8, 4) is 5.75 Å². The topological polar surface area (TPSA) is 35.5 Å². The van der Waals surface area contributed by atoms with E-state index in [2.05, 4.69) is 20.7 Å². The van der Waals surface area contributed by atoms with Crippen LogP contribution in [0.3, 0.4) is 0 Å². The Kier molecular flexibility index (Phi) is 5.53.